The number of rotatable bonds is 9. The maximum absolute atomic E-state index is 12.9. The Morgan fingerprint density at radius 1 is 0.970 bits per heavy atom. The van der Waals surface area contributed by atoms with Crippen LogP contribution in [0.5, 0.6) is 0 Å². The van der Waals surface area contributed by atoms with Crippen molar-refractivity contribution in [1.29, 1.82) is 0 Å². The fourth-order valence-corrected chi connectivity index (χ4v) is 4.63. The van der Waals surface area contributed by atoms with Crippen LogP contribution in [-0.4, -0.2) is 61.6 Å². The van der Waals surface area contributed by atoms with Gasteiger partial charge >= 0.3 is 0 Å². The molecule has 2 atom stereocenters. The largest absolute Gasteiger partial charge is 0.360 e. The number of carbonyl (C=O) groups excluding carboxylic acids is 1. The standard InChI is InChI=1S/C29H34N2O2/c1-30(2)29-22-31(19-20-33-29)26(17-18-28(32)24-13-7-4-8-14-24)21-25-15-9-10-16-27(25)23-11-5-3-6-12-23/h3-16,26,29H,17-22H2,1-2H3. The number of ketones is 1. The smallest absolute Gasteiger partial charge is 0.162 e. The molecule has 33 heavy (non-hydrogen) atoms. The summed E-state index contributed by atoms with van der Waals surface area (Å²) in [6.45, 7) is 2.46. The second kappa shape index (κ2) is 11.4. The number of morpholine rings is 1. The van der Waals surface area contributed by atoms with Crippen molar-refractivity contribution in [3.05, 3.63) is 96.1 Å². The number of hydrogen-bond donors (Lipinski definition) is 0. The Bertz CT molecular complexity index is 1020. The number of benzene rings is 3. The molecular weight excluding hydrogens is 408 g/mol. The molecule has 4 heteroatoms. The normalized spacial score (nSPS) is 17.7. The Labute approximate surface area is 197 Å². The van der Waals surface area contributed by atoms with E-state index in [4.69, 9.17) is 4.74 Å². The molecule has 3 aromatic rings. The van der Waals surface area contributed by atoms with E-state index in [1.807, 2.05) is 30.3 Å². The summed E-state index contributed by atoms with van der Waals surface area (Å²) in [5.41, 5.74) is 4.64. The van der Waals surface area contributed by atoms with E-state index in [2.05, 4.69) is 78.5 Å². The van der Waals surface area contributed by atoms with Gasteiger partial charge in [0.05, 0.1) is 6.61 Å². The van der Waals surface area contributed by atoms with Crippen LogP contribution in [0.1, 0.15) is 28.8 Å². The molecular formula is C29H34N2O2. The Kier molecular flexibility index (Phi) is 8.05. The van der Waals surface area contributed by atoms with Crippen molar-refractivity contribution in [2.75, 3.05) is 33.8 Å². The van der Waals surface area contributed by atoms with E-state index in [-0.39, 0.29) is 18.1 Å². The van der Waals surface area contributed by atoms with E-state index in [0.717, 1.165) is 31.5 Å². The summed E-state index contributed by atoms with van der Waals surface area (Å²) in [5.74, 6) is 0.217. The summed E-state index contributed by atoms with van der Waals surface area (Å²) in [6.07, 6.45) is 2.37. The van der Waals surface area contributed by atoms with E-state index >= 15 is 0 Å². The van der Waals surface area contributed by atoms with Crippen molar-refractivity contribution in [1.82, 2.24) is 9.80 Å². The van der Waals surface area contributed by atoms with Crippen LogP contribution < -0.4 is 0 Å². The van der Waals surface area contributed by atoms with Crippen molar-refractivity contribution in [2.24, 2.45) is 0 Å². The summed E-state index contributed by atoms with van der Waals surface area (Å²) in [5, 5.41) is 0. The predicted molar refractivity (Wildman–Crippen MR) is 134 cm³/mol. The summed E-state index contributed by atoms with van der Waals surface area (Å²) in [6, 6.07) is 29.2. The molecule has 1 saturated heterocycles. The van der Waals surface area contributed by atoms with Gasteiger partial charge < -0.3 is 4.74 Å². The fourth-order valence-electron chi connectivity index (χ4n) is 4.63. The Morgan fingerprint density at radius 2 is 1.64 bits per heavy atom. The molecule has 1 heterocycles. The van der Waals surface area contributed by atoms with E-state index < -0.39 is 0 Å². The van der Waals surface area contributed by atoms with Crippen LogP contribution in [0.2, 0.25) is 0 Å². The van der Waals surface area contributed by atoms with Gasteiger partial charge in [-0.25, -0.2) is 0 Å². The van der Waals surface area contributed by atoms with Gasteiger partial charge in [-0.05, 0) is 43.6 Å². The first-order valence-corrected chi connectivity index (χ1v) is 11.9. The van der Waals surface area contributed by atoms with Crippen molar-refractivity contribution < 1.29 is 9.53 Å². The first kappa shape index (κ1) is 23.4. The van der Waals surface area contributed by atoms with E-state index in [9.17, 15) is 4.79 Å². The molecule has 4 rings (SSSR count). The first-order chi connectivity index (χ1) is 16.1. The number of ether oxygens (including phenoxy) is 1. The molecule has 0 aliphatic carbocycles. The molecule has 1 fully saturated rings. The van der Waals surface area contributed by atoms with Gasteiger partial charge in [-0.3, -0.25) is 14.6 Å². The highest BCUT2D eigenvalue weighted by Gasteiger charge is 2.28. The zero-order valence-corrected chi connectivity index (χ0v) is 19.7. The molecule has 172 valence electrons. The lowest BCUT2D eigenvalue weighted by Crippen LogP contribution is -2.52. The van der Waals surface area contributed by atoms with E-state index in [1.54, 1.807) is 0 Å². The predicted octanol–water partition coefficient (Wildman–Crippen LogP) is 5.15. The number of carbonyl (C=O) groups is 1. The zero-order chi connectivity index (χ0) is 23.0. The van der Waals surface area contributed by atoms with Gasteiger partial charge in [-0.15, -0.1) is 0 Å². The average Bonchev–Trinajstić information content (AvgIpc) is 2.87. The highest BCUT2D eigenvalue weighted by atomic mass is 16.5. The number of hydrogen-bond acceptors (Lipinski definition) is 4. The van der Waals surface area contributed by atoms with E-state index in [0.29, 0.717) is 13.0 Å². The Balaban J connectivity index is 1.56. The van der Waals surface area contributed by atoms with Crippen LogP contribution >= 0.6 is 0 Å². The van der Waals surface area contributed by atoms with Crippen LogP contribution in [0, 0.1) is 0 Å². The second-order valence-corrected chi connectivity index (χ2v) is 8.99. The minimum atomic E-state index is 0.0791. The molecule has 3 aromatic carbocycles. The van der Waals surface area contributed by atoms with Crippen LogP contribution in [-0.2, 0) is 11.2 Å². The third-order valence-electron chi connectivity index (χ3n) is 6.53. The first-order valence-electron chi connectivity index (χ1n) is 11.9. The summed E-state index contributed by atoms with van der Waals surface area (Å²) < 4.78 is 5.98. The third kappa shape index (κ3) is 6.17. The van der Waals surface area contributed by atoms with Crippen molar-refractivity contribution in [3.8, 4) is 11.1 Å². The quantitative estimate of drug-likeness (QED) is 0.429. The molecule has 0 aromatic heterocycles. The lowest BCUT2D eigenvalue weighted by atomic mass is 9.91. The highest BCUT2D eigenvalue weighted by molar-refractivity contribution is 5.96. The van der Waals surface area contributed by atoms with Crippen molar-refractivity contribution >= 4 is 5.78 Å². The Hall–Kier alpha value is -2.79. The molecule has 1 aliphatic rings. The summed E-state index contributed by atoms with van der Waals surface area (Å²) in [4.78, 5) is 17.6. The van der Waals surface area contributed by atoms with Crippen LogP contribution in [0.15, 0.2) is 84.9 Å². The number of likely N-dealkylation sites (N-methyl/N-ethyl adjacent to an activating group) is 1. The van der Waals surface area contributed by atoms with Crippen molar-refractivity contribution in [3.63, 3.8) is 0 Å². The molecule has 1 aliphatic heterocycles. The maximum Gasteiger partial charge on any atom is 0.162 e. The lowest BCUT2D eigenvalue weighted by molar-refractivity contribution is -0.105. The van der Waals surface area contributed by atoms with Gasteiger partial charge in [0.15, 0.2) is 5.78 Å². The zero-order valence-electron chi connectivity index (χ0n) is 19.7. The van der Waals surface area contributed by atoms with Crippen molar-refractivity contribution in [2.45, 2.75) is 31.5 Å². The molecule has 4 nitrogen and oxygen atoms in total. The summed E-state index contributed by atoms with van der Waals surface area (Å²) in [7, 11) is 4.12. The second-order valence-electron chi connectivity index (χ2n) is 8.99. The third-order valence-corrected chi connectivity index (χ3v) is 6.53. The monoisotopic (exact) mass is 442 g/mol. The van der Waals surface area contributed by atoms with Crippen LogP contribution in [0.4, 0.5) is 0 Å². The van der Waals surface area contributed by atoms with Gasteiger partial charge in [-0.1, -0.05) is 84.9 Å². The molecule has 0 spiro atoms. The fraction of sp³-hybridized carbons (Fsp3) is 0.345. The lowest BCUT2D eigenvalue weighted by Gasteiger charge is -2.40. The topological polar surface area (TPSA) is 32.8 Å². The van der Waals surface area contributed by atoms with Gasteiger partial charge in [-0.2, -0.15) is 0 Å². The van der Waals surface area contributed by atoms with E-state index in [1.165, 1.54) is 16.7 Å². The molecule has 0 amide bonds. The molecule has 2 unspecified atom stereocenters. The van der Waals surface area contributed by atoms with Crippen LogP contribution in [0.25, 0.3) is 11.1 Å². The van der Waals surface area contributed by atoms with Crippen LogP contribution in [0.3, 0.4) is 0 Å². The molecule has 0 radical (unpaired) electrons. The molecule has 0 N–H and O–H groups in total. The molecule has 0 bridgehead atoms. The number of Topliss-reactive ketones (excluding diaryl/α,β-unsaturated/α-hetero) is 1. The molecule has 0 saturated carbocycles. The number of nitrogens with zero attached hydrogens (tertiary/aromatic N) is 2. The van der Waals surface area contributed by atoms with Gasteiger partial charge in [0.1, 0.15) is 6.23 Å². The Morgan fingerprint density at radius 3 is 2.36 bits per heavy atom. The minimum Gasteiger partial charge on any atom is -0.360 e. The minimum absolute atomic E-state index is 0.0791. The maximum atomic E-state index is 12.9. The van der Waals surface area contributed by atoms with Gasteiger partial charge in [0, 0.05) is 31.1 Å². The van der Waals surface area contributed by atoms with Gasteiger partial charge in [0.2, 0.25) is 0 Å². The van der Waals surface area contributed by atoms with Gasteiger partial charge in [0.25, 0.3) is 0 Å². The highest BCUT2D eigenvalue weighted by Crippen LogP contribution is 2.27. The SMILES string of the molecule is CN(C)C1CN(C(CCC(=O)c2ccccc2)Cc2ccccc2-c2ccccc2)CCO1. The average molecular weight is 443 g/mol. The summed E-state index contributed by atoms with van der Waals surface area (Å²) >= 11 is 0.